The van der Waals surface area contributed by atoms with Crippen molar-refractivity contribution in [2.75, 3.05) is 19.6 Å². The zero-order chi connectivity index (χ0) is 10.2. The molecule has 0 radical (unpaired) electrons. The average molecular weight is 196 g/mol. The zero-order valence-corrected chi connectivity index (χ0v) is 9.63. The highest BCUT2D eigenvalue weighted by molar-refractivity contribution is 4.93. The summed E-state index contributed by atoms with van der Waals surface area (Å²) >= 11 is 0. The molecule has 1 saturated heterocycles. The Morgan fingerprint density at radius 2 is 1.64 bits per heavy atom. The predicted octanol–water partition coefficient (Wildman–Crippen LogP) is 1.85. The summed E-state index contributed by atoms with van der Waals surface area (Å²) in [6.45, 7) is 7.95. The SMILES string of the molecule is CC(C)(CN)N1C[C@H]2CCCC[C@H]2C1. The summed E-state index contributed by atoms with van der Waals surface area (Å²) in [5.74, 6) is 1.96. The number of hydrogen-bond acceptors (Lipinski definition) is 2. The molecule has 0 bridgehead atoms. The molecular formula is C12H24N2. The molecule has 2 atom stereocenters. The topological polar surface area (TPSA) is 29.3 Å². The Hall–Kier alpha value is -0.0800. The van der Waals surface area contributed by atoms with Gasteiger partial charge < -0.3 is 5.73 Å². The van der Waals surface area contributed by atoms with E-state index in [2.05, 4.69) is 18.7 Å². The van der Waals surface area contributed by atoms with Gasteiger partial charge in [-0.3, -0.25) is 4.90 Å². The summed E-state index contributed by atoms with van der Waals surface area (Å²) in [6, 6.07) is 0. The molecule has 0 aromatic carbocycles. The second kappa shape index (κ2) is 3.82. The summed E-state index contributed by atoms with van der Waals surface area (Å²) in [5, 5.41) is 0. The lowest BCUT2D eigenvalue weighted by molar-refractivity contribution is 0.153. The van der Waals surface area contributed by atoms with Crippen LogP contribution in [-0.4, -0.2) is 30.1 Å². The Morgan fingerprint density at radius 1 is 1.14 bits per heavy atom. The smallest absolute Gasteiger partial charge is 0.0275 e. The van der Waals surface area contributed by atoms with Crippen LogP contribution in [0, 0.1) is 11.8 Å². The molecule has 0 aromatic heterocycles. The first-order valence-corrected chi connectivity index (χ1v) is 6.08. The van der Waals surface area contributed by atoms with Crippen molar-refractivity contribution in [3.8, 4) is 0 Å². The third kappa shape index (κ3) is 1.82. The van der Waals surface area contributed by atoms with E-state index in [0.717, 1.165) is 18.4 Å². The van der Waals surface area contributed by atoms with Crippen LogP contribution in [0.2, 0.25) is 0 Å². The van der Waals surface area contributed by atoms with Gasteiger partial charge in [0.1, 0.15) is 0 Å². The van der Waals surface area contributed by atoms with Crippen LogP contribution < -0.4 is 5.73 Å². The molecule has 1 saturated carbocycles. The van der Waals surface area contributed by atoms with Gasteiger partial charge in [-0.2, -0.15) is 0 Å². The molecule has 1 heterocycles. The second-order valence-electron chi connectivity index (χ2n) is 5.73. The fourth-order valence-corrected chi connectivity index (χ4v) is 3.03. The maximum Gasteiger partial charge on any atom is 0.0275 e. The van der Waals surface area contributed by atoms with Crippen LogP contribution in [0.3, 0.4) is 0 Å². The maximum absolute atomic E-state index is 5.83. The Morgan fingerprint density at radius 3 is 2.07 bits per heavy atom. The lowest BCUT2D eigenvalue weighted by atomic mass is 9.82. The van der Waals surface area contributed by atoms with Gasteiger partial charge in [0, 0.05) is 25.2 Å². The van der Waals surface area contributed by atoms with E-state index in [1.807, 2.05) is 0 Å². The highest BCUT2D eigenvalue weighted by Gasteiger charge is 2.39. The fourth-order valence-electron chi connectivity index (χ4n) is 3.03. The van der Waals surface area contributed by atoms with E-state index in [1.54, 1.807) is 0 Å². The quantitative estimate of drug-likeness (QED) is 0.730. The Labute approximate surface area is 87.8 Å². The van der Waals surface area contributed by atoms with Crippen LogP contribution >= 0.6 is 0 Å². The number of fused-ring (bicyclic) bond motifs is 1. The van der Waals surface area contributed by atoms with Crippen molar-refractivity contribution in [2.45, 2.75) is 45.1 Å². The Bertz CT molecular complexity index is 186. The second-order valence-corrected chi connectivity index (χ2v) is 5.73. The number of rotatable bonds is 2. The van der Waals surface area contributed by atoms with Gasteiger partial charge in [-0.25, -0.2) is 0 Å². The van der Waals surface area contributed by atoms with Gasteiger partial charge >= 0.3 is 0 Å². The minimum atomic E-state index is 0.220. The van der Waals surface area contributed by atoms with Gasteiger partial charge in [0.2, 0.25) is 0 Å². The standard InChI is InChI=1S/C12H24N2/c1-12(2,9-13)14-7-10-5-3-4-6-11(10)8-14/h10-11H,3-9,13H2,1-2H3/t10-,11+. The molecule has 0 aromatic rings. The van der Waals surface area contributed by atoms with Crippen molar-refractivity contribution in [2.24, 2.45) is 17.6 Å². The summed E-state index contributed by atoms with van der Waals surface area (Å²) in [5.41, 5.74) is 6.05. The monoisotopic (exact) mass is 196 g/mol. The van der Waals surface area contributed by atoms with Crippen LogP contribution in [0.1, 0.15) is 39.5 Å². The lowest BCUT2D eigenvalue weighted by Gasteiger charge is -2.34. The van der Waals surface area contributed by atoms with Crippen molar-refractivity contribution in [3.05, 3.63) is 0 Å². The molecule has 2 fully saturated rings. The highest BCUT2D eigenvalue weighted by Crippen LogP contribution is 2.38. The molecule has 2 aliphatic rings. The molecule has 2 nitrogen and oxygen atoms in total. The van der Waals surface area contributed by atoms with Gasteiger partial charge in [-0.15, -0.1) is 0 Å². The van der Waals surface area contributed by atoms with Crippen molar-refractivity contribution in [1.29, 1.82) is 0 Å². The first-order chi connectivity index (χ1) is 6.63. The summed E-state index contributed by atoms with van der Waals surface area (Å²) in [7, 11) is 0. The maximum atomic E-state index is 5.83. The van der Waals surface area contributed by atoms with E-state index in [1.165, 1.54) is 38.8 Å². The fraction of sp³-hybridized carbons (Fsp3) is 1.00. The first-order valence-electron chi connectivity index (χ1n) is 6.08. The predicted molar refractivity (Wildman–Crippen MR) is 60.2 cm³/mol. The molecule has 0 spiro atoms. The number of nitrogens with two attached hydrogens (primary N) is 1. The van der Waals surface area contributed by atoms with E-state index in [-0.39, 0.29) is 5.54 Å². The molecule has 14 heavy (non-hydrogen) atoms. The third-order valence-corrected chi connectivity index (χ3v) is 4.33. The number of hydrogen-bond donors (Lipinski definition) is 1. The third-order valence-electron chi connectivity index (χ3n) is 4.33. The molecule has 0 amide bonds. The van der Waals surface area contributed by atoms with E-state index in [4.69, 9.17) is 5.73 Å². The van der Waals surface area contributed by atoms with Gasteiger partial charge in [0.25, 0.3) is 0 Å². The van der Waals surface area contributed by atoms with Crippen molar-refractivity contribution in [1.82, 2.24) is 4.90 Å². The molecule has 1 aliphatic carbocycles. The summed E-state index contributed by atoms with van der Waals surface area (Å²) < 4.78 is 0. The van der Waals surface area contributed by atoms with E-state index >= 15 is 0 Å². The van der Waals surface area contributed by atoms with Crippen LogP contribution in [0.15, 0.2) is 0 Å². The van der Waals surface area contributed by atoms with Gasteiger partial charge in [0.15, 0.2) is 0 Å². The van der Waals surface area contributed by atoms with E-state index in [9.17, 15) is 0 Å². The summed E-state index contributed by atoms with van der Waals surface area (Å²) in [6.07, 6.45) is 5.83. The highest BCUT2D eigenvalue weighted by atomic mass is 15.2. The lowest BCUT2D eigenvalue weighted by Crippen LogP contribution is -2.48. The summed E-state index contributed by atoms with van der Waals surface area (Å²) in [4.78, 5) is 2.62. The number of likely N-dealkylation sites (tertiary alicyclic amines) is 1. The average Bonchev–Trinajstić information content (AvgIpc) is 2.61. The zero-order valence-electron chi connectivity index (χ0n) is 9.63. The van der Waals surface area contributed by atoms with Crippen LogP contribution in [0.5, 0.6) is 0 Å². The van der Waals surface area contributed by atoms with Crippen molar-refractivity contribution in [3.63, 3.8) is 0 Å². The molecular weight excluding hydrogens is 172 g/mol. The van der Waals surface area contributed by atoms with Crippen LogP contribution in [-0.2, 0) is 0 Å². The number of nitrogens with zero attached hydrogens (tertiary/aromatic N) is 1. The molecule has 82 valence electrons. The van der Waals surface area contributed by atoms with E-state index in [0.29, 0.717) is 0 Å². The van der Waals surface area contributed by atoms with Gasteiger partial charge in [0.05, 0.1) is 0 Å². The molecule has 2 heteroatoms. The van der Waals surface area contributed by atoms with Crippen molar-refractivity contribution >= 4 is 0 Å². The molecule has 2 rings (SSSR count). The van der Waals surface area contributed by atoms with E-state index < -0.39 is 0 Å². The minimum absolute atomic E-state index is 0.220. The van der Waals surface area contributed by atoms with Gasteiger partial charge in [-0.05, 0) is 38.5 Å². The largest absolute Gasteiger partial charge is 0.329 e. The molecule has 0 unspecified atom stereocenters. The molecule has 2 N–H and O–H groups in total. The first kappa shape index (κ1) is 10.4. The normalized spacial score (nSPS) is 34.5. The van der Waals surface area contributed by atoms with Crippen LogP contribution in [0.25, 0.3) is 0 Å². The Balaban J connectivity index is 1.99. The van der Waals surface area contributed by atoms with Gasteiger partial charge in [-0.1, -0.05) is 12.8 Å². The Kier molecular flexibility index (Phi) is 2.85. The minimum Gasteiger partial charge on any atom is -0.329 e. The van der Waals surface area contributed by atoms with Crippen molar-refractivity contribution < 1.29 is 0 Å². The molecule has 1 aliphatic heterocycles. The van der Waals surface area contributed by atoms with Crippen LogP contribution in [0.4, 0.5) is 0 Å².